The van der Waals surface area contributed by atoms with Gasteiger partial charge in [0.1, 0.15) is 11.6 Å². The first-order valence-corrected chi connectivity index (χ1v) is 12.5. The SMILES string of the molecule is CNC(=O)c1ncn([C@H]2CCc3sc(CC(=O)C4CC4)c(C(=O)CCC4CC4)c3C2)c1N. The van der Waals surface area contributed by atoms with E-state index >= 15 is 0 Å². The third kappa shape index (κ3) is 4.12. The van der Waals surface area contributed by atoms with E-state index in [1.807, 2.05) is 4.57 Å². The fourth-order valence-corrected chi connectivity index (χ4v) is 6.22. The van der Waals surface area contributed by atoms with E-state index in [1.165, 1.54) is 17.7 Å². The Morgan fingerprint density at radius 2 is 2.00 bits per heavy atom. The topological polar surface area (TPSA) is 107 Å². The Morgan fingerprint density at radius 3 is 2.69 bits per heavy atom. The zero-order valence-corrected chi connectivity index (χ0v) is 19.3. The third-order valence-electron chi connectivity index (χ3n) is 7.10. The molecule has 0 saturated heterocycles. The van der Waals surface area contributed by atoms with Gasteiger partial charge in [0.2, 0.25) is 0 Å². The second-order valence-electron chi connectivity index (χ2n) is 9.49. The van der Waals surface area contributed by atoms with Gasteiger partial charge in [0.25, 0.3) is 5.91 Å². The van der Waals surface area contributed by atoms with Crippen molar-refractivity contribution in [1.82, 2.24) is 14.9 Å². The summed E-state index contributed by atoms with van der Waals surface area (Å²) in [5, 5.41) is 2.57. The van der Waals surface area contributed by atoms with Gasteiger partial charge >= 0.3 is 0 Å². The molecule has 32 heavy (non-hydrogen) atoms. The van der Waals surface area contributed by atoms with Crippen LogP contribution in [0.15, 0.2) is 6.33 Å². The Morgan fingerprint density at radius 1 is 1.22 bits per heavy atom. The van der Waals surface area contributed by atoms with Gasteiger partial charge < -0.3 is 15.6 Å². The van der Waals surface area contributed by atoms with E-state index in [1.54, 1.807) is 24.7 Å². The molecule has 0 aromatic carbocycles. The van der Waals surface area contributed by atoms with Crippen LogP contribution in [0, 0.1) is 11.8 Å². The van der Waals surface area contributed by atoms with Crippen LogP contribution < -0.4 is 11.1 Å². The van der Waals surface area contributed by atoms with Crippen LogP contribution in [0.1, 0.15) is 87.2 Å². The van der Waals surface area contributed by atoms with Gasteiger partial charge in [-0.15, -0.1) is 11.3 Å². The summed E-state index contributed by atoms with van der Waals surface area (Å²) in [7, 11) is 1.56. The molecule has 0 spiro atoms. The van der Waals surface area contributed by atoms with Crippen LogP contribution >= 0.6 is 11.3 Å². The van der Waals surface area contributed by atoms with Gasteiger partial charge in [-0.25, -0.2) is 4.98 Å². The van der Waals surface area contributed by atoms with Gasteiger partial charge in [-0.1, -0.05) is 12.8 Å². The first kappa shape index (κ1) is 21.4. The van der Waals surface area contributed by atoms with Crippen molar-refractivity contribution in [3.8, 4) is 0 Å². The molecule has 0 bridgehead atoms. The van der Waals surface area contributed by atoms with Crippen molar-refractivity contribution >= 4 is 34.6 Å². The number of ketones is 2. The summed E-state index contributed by atoms with van der Waals surface area (Å²) >= 11 is 1.67. The summed E-state index contributed by atoms with van der Waals surface area (Å²) in [6.07, 6.45) is 10.4. The highest BCUT2D eigenvalue weighted by Crippen LogP contribution is 2.42. The maximum atomic E-state index is 13.3. The number of rotatable bonds is 9. The lowest BCUT2D eigenvalue weighted by Crippen LogP contribution is -2.22. The second-order valence-corrected chi connectivity index (χ2v) is 10.7. The molecule has 1 atom stereocenters. The quantitative estimate of drug-likeness (QED) is 0.564. The Bertz CT molecular complexity index is 1080. The number of amides is 1. The molecule has 0 unspecified atom stereocenters. The van der Waals surface area contributed by atoms with E-state index < -0.39 is 0 Å². The van der Waals surface area contributed by atoms with Gasteiger partial charge in [0.15, 0.2) is 11.5 Å². The molecule has 8 heteroatoms. The number of hydrogen-bond donors (Lipinski definition) is 2. The average molecular weight is 455 g/mol. The highest BCUT2D eigenvalue weighted by atomic mass is 32.1. The molecule has 2 fully saturated rings. The number of nitrogens with two attached hydrogens (primary N) is 1. The molecular weight excluding hydrogens is 424 g/mol. The van der Waals surface area contributed by atoms with Crippen LogP contribution in [0.5, 0.6) is 0 Å². The fraction of sp³-hybridized carbons (Fsp3) is 0.583. The maximum Gasteiger partial charge on any atom is 0.273 e. The molecule has 3 aliphatic rings. The molecule has 2 saturated carbocycles. The van der Waals surface area contributed by atoms with E-state index in [9.17, 15) is 14.4 Å². The van der Waals surface area contributed by atoms with Crippen LogP contribution in [-0.4, -0.2) is 34.1 Å². The van der Waals surface area contributed by atoms with Gasteiger partial charge in [-0.3, -0.25) is 14.4 Å². The molecule has 3 N–H and O–H groups in total. The number of aromatic nitrogens is 2. The lowest BCUT2D eigenvalue weighted by atomic mass is 9.88. The number of anilines is 1. The first-order valence-electron chi connectivity index (χ1n) is 11.7. The Kier molecular flexibility index (Phi) is 5.65. The number of thiophene rings is 1. The maximum absolute atomic E-state index is 13.3. The molecule has 2 heterocycles. The number of aryl methyl sites for hydroxylation is 1. The molecule has 0 aliphatic heterocycles. The number of hydrogen-bond acceptors (Lipinski definition) is 6. The van der Waals surface area contributed by atoms with Crippen molar-refractivity contribution in [2.24, 2.45) is 11.8 Å². The Balaban J connectivity index is 1.43. The van der Waals surface area contributed by atoms with Crippen molar-refractivity contribution < 1.29 is 14.4 Å². The normalized spacial score (nSPS) is 20.1. The highest BCUT2D eigenvalue weighted by molar-refractivity contribution is 7.12. The van der Waals surface area contributed by atoms with E-state index in [-0.39, 0.29) is 35.1 Å². The number of nitrogens with one attached hydrogen (secondary N) is 1. The van der Waals surface area contributed by atoms with Crippen LogP contribution in [0.25, 0.3) is 0 Å². The predicted molar refractivity (Wildman–Crippen MR) is 123 cm³/mol. The summed E-state index contributed by atoms with van der Waals surface area (Å²) in [5.74, 6) is 1.43. The van der Waals surface area contributed by atoms with Crippen LogP contribution in [-0.2, 0) is 24.1 Å². The standard InChI is InChI=1S/C24H30N4O3S/c1-26-24(31)22-23(25)28(12-27-22)15-7-9-19-16(10-15)21(17(29)8-4-13-2-3-13)20(32-19)11-18(30)14-5-6-14/h12-15H,2-11,25H2,1H3,(H,26,31)/t15-/m0/s1. The van der Waals surface area contributed by atoms with Gasteiger partial charge in [-0.05, 0) is 50.0 Å². The summed E-state index contributed by atoms with van der Waals surface area (Å²) in [6.45, 7) is 0. The van der Waals surface area contributed by atoms with Gasteiger partial charge in [0.05, 0.1) is 6.33 Å². The largest absolute Gasteiger partial charge is 0.383 e. The van der Waals surface area contributed by atoms with Crippen molar-refractivity contribution in [2.45, 2.75) is 70.3 Å². The smallest absolute Gasteiger partial charge is 0.273 e. The van der Waals surface area contributed by atoms with E-state index in [0.717, 1.165) is 48.1 Å². The molecule has 2 aromatic rings. The van der Waals surface area contributed by atoms with Crippen molar-refractivity contribution in [1.29, 1.82) is 0 Å². The second kappa shape index (κ2) is 8.46. The number of fused-ring (bicyclic) bond motifs is 1. The lowest BCUT2D eigenvalue weighted by Gasteiger charge is -2.25. The summed E-state index contributed by atoms with van der Waals surface area (Å²) < 4.78 is 1.87. The average Bonchev–Trinajstić information content (AvgIpc) is 3.71. The van der Waals surface area contributed by atoms with E-state index in [0.29, 0.717) is 31.0 Å². The number of nitrogens with zero attached hydrogens (tertiary/aromatic N) is 2. The first-order chi connectivity index (χ1) is 15.5. The number of imidazole rings is 1. The lowest BCUT2D eigenvalue weighted by molar-refractivity contribution is -0.119. The third-order valence-corrected chi connectivity index (χ3v) is 8.39. The van der Waals surface area contributed by atoms with Crippen molar-refractivity contribution in [3.63, 3.8) is 0 Å². The van der Waals surface area contributed by atoms with Crippen molar-refractivity contribution in [2.75, 3.05) is 12.8 Å². The molecule has 3 aliphatic carbocycles. The zero-order chi connectivity index (χ0) is 22.4. The number of carbonyl (C=O) groups is 3. The molecule has 1 amide bonds. The zero-order valence-electron chi connectivity index (χ0n) is 18.5. The molecule has 5 rings (SSSR count). The minimum Gasteiger partial charge on any atom is -0.383 e. The summed E-state index contributed by atoms with van der Waals surface area (Å²) in [5.41, 5.74) is 8.41. The van der Waals surface area contributed by atoms with E-state index in [4.69, 9.17) is 5.73 Å². The fourth-order valence-electron chi connectivity index (χ4n) is 4.84. The number of Topliss-reactive ketones (excluding diaryl/α,β-unsaturated/α-hetero) is 2. The van der Waals surface area contributed by atoms with Gasteiger partial charge in [-0.2, -0.15) is 0 Å². The predicted octanol–water partition coefficient (Wildman–Crippen LogP) is 3.51. The molecule has 2 aromatic heterocycles. The monoisotopic (exact) mass is 454 g/mol. The Hall–Kier alpha value is -2.48. The summed E-state index contributed by atoms with van der Waals surface area (Å²) in [4.78, 5) is 44.4. The minimum atomic E-state index is -0.301. The Labute approximate surface area is 191 Å². The van der Waals surface area contributed by atoms with Crippen LogP contribution in [0.4, 0.5) is 5.82 Å². The van der Waals surface area contributed by atoms with Crippen LogP contribution in [0.2, 0.25) is 0 Å². The molecule has 170 valence electrons. The minimum absolute atomic E-state index is 0.0463. The molecule has 7 nitrogen and oxygen atoms in total. The van der Waals surface area contributed by atoms with Crippen molar-refractivity contribution in [3.05, 3.63) is 32.9 Å². The van der Waals surface area contributed by atoms with Gasteiger partial charge in [0, 0.05) is 47.2 Å². The summed E-state index contributed by atoms with van der Waals surface area (Å²) in [6, 6.07) is 0.0463. The number of carbonyl (C=O) groups excluding carboxylic acids is 3. The number of nitrogen functional groups attached to an aromatic ring is 1. The highest BCUT2D eigenvalue weighted by Gasteiger charge is 2.35. The van der Waals surface area contributed by atoms with Crippen LogP contribution in [0.3, 0.4) is 0 Å². The molecular formula is C24H30N4O3S. The molecule has 0 radical (unpaired) electrons. The van der Waals surface area contributed by atoms with E-state index in [2.05, 4.69) is 10.3 Å².